The Morgan fingerprint density at radius 1 is 1.38 bits per heavy atom. The lowest BCUT2D eigenvalue weighted by Crippen LogP contribution is -2.43. The molecule has 2 aliphatic carbocycles. The van der Waals surface area contributed by atoms with Crippen LogP contribution in [0.2, 0.25) is 0 Å². The molecule has 0 aromatic carbocycles. The molecule has 0 spiro atoms. The van der Waals surface area contributed by atoms with Gasteiger partial charge in [0, 0.05) is 5.92 Å². The molecule has 2 fully saturated rings. The van der Waals surface area contributed by atoms with Gasteiger partial charge in [-0.15, -0.1) is 0 Å². The molecule has 92 valence electrons. The highest BCUT2D eigenvalue weighted by Crippen LogP contribution is 2.50. The molecular weight excluding hydrogens is 200 g/mol. The normalized spacial score (nSPS) is 42.1. The first-order valence-electron chi connectivity index (χ1n) is 6.67. The molecule has 2 heteroatoms. The van der Waals surface area contributed by atoms with E-state index in [1.807, 2.05) is 0 Å². The van der Waals surface area contributed by atoms with Gasteiger partial charge in [-0.2, -0.15) is 0 Å². The minimum Gasteiger partial charge on any atom is -0.385 e. The molecule has 2 rings (SSSR count). The number of Topliss-reactive ketones (excluding diaryl/α,β-unsaturated/α-hetero) is 1. The second-order valence-corrected chi connectivity index (χ2v) is 6.40. The Labute approximate surface area is 98.4 Å². The van der Waals surface area contributed by atoms with Crippen LogP contribution in [0.25, 0.3) is 0 Å². The third kappa shape index (κ3) is 2.17. The van der Waals surface area contributed by atoms with Gasteiger partial charge in [-0.3, -0.25) is 4.79 Å². The maximum absolute atomic E-state index is 12.0. The first-order chi connectivity index (χ1) is 7.45. The number of rotatable bonds is 3. The van der Waals surface area contributed by atoms with Gasteiger partial charge in [-0.25, -0.2) is 0 Å². The largest absolute Gasteiger partial charge is 0.385 e. The van der Waals surface area contributed by atoms with Gasteiger partial charge in [0.25, 0.3) is 0 Å². The molecule has 0 aliphatic heterocycles. The fourth-order valence-electron chi connectivity index (χ4n) is 3.28. The highest BCUT2D eigenvalue weighted by atomic mass is 16.3. The quantitative estimate of drug-likeness (QED) is 0.800. The number of hydrogen-bond acceptors (Lipinski definition) is 2. The summed E-state index contributed by atoms with van der Waals surface area (Å²) in [6.07, 6.45) is 4.51. The zero-order chi connectivity index (χ0) is 11.9. The van der Waals surface area contributed by atoms with Crippen LogP contribution < -0.4 is 0 Å². The zero-order valence-electron chi connectivity index (χ0n) is 10.7. The van der Waals surface area contributed by atoms with Crippen LogP contribution in [0.15, 0.2) is 0 Å². The van der Waals surface area contributed by atoms with Crippen molar-refractivity contribution in [1.82, 2.24) is 0 Å². The molecule has 2 nitrogen and oxygen atoms in total. The third-order valence-electron chi connectivity index (χ3n) is 4.81. The molecule has 0 radical (unpaired) electrons. The molecule has 0 aromatic rings. The molecule has 0 bridgehead atoms. The Morgan fingerprint density at radius 2 is 2.06 bits per heavy atom. The standard InChI is InChI=1S/C14H24O2/c1-4-9-7-10(9)8-11-13(16)12(15)5-6-14(11,2)3/h9-12,15H,4-8H2,1-3H3/t9?,10?,11-,12-/m1/s1. The average Bonchev–Trinajstić information content (AvgIpc) is 2.98. The van der Waals surface area contributed by atoms with Crippen LogP contribution in [0.5, 0.6) is 0 Å². The summed E-state index contributed by atoms with van der Waals surface area (Å²) < 4.78 is 0. The number of ketones is 1. The van der Waals surface area contributed by atoms with Gasteiger partial charge >= 0.3 is 0 Å². The van der Waals surface area contributed by atoms with Gasteiger partial charge in [0.05, 0.1) is 0 Å². The van der Waals surface area contributed by atoms with Gasteiger partial charge in [-0.1, -0.05) is 27.2 Å². The number of carbonyl (C=O) groups is 1. The van der Waals surface area contributed by atoms with Gasteiger partial charge in [-0.05, 0) is 42.9 Å². The SMILES string of the molecule is CCC1CC1C[C@@H]1C(=O)[C@H](O)CCC1(C)C. The van der Waals surface area contributed by atoms with Crippen LogP contribution in [-0.2, 0) is 4.79 Å². The highest BCUT2D eigenvalue weighted by molar-refractivity contribution is 5.86. The van der Waals surface area contributed by atoms with E-state index in [4.69, 9.17) is 0 Å². The lowest BCUT2D eigenvalue weighted by atomic mass is 9.65. The first-order valence-corrected chi connectivity index (χ1v) is 6.67. The van der Waals surface area contributed by atoms with E-state index in [0.29, 0.717) is 6.42 Å². The number of hydrogen-bond donors (Lipinski definition) is 1. The fourth-order valence-corrected chi connectivity index (χ4v) is 3.28. The van der Waals surface area contributed by atoms with Gasteiger partial charge in [0.15, 0.2) is 5.78 Å². The summed E-state index contributed by atoms with van der Waals surface area (Å²) in [5, 5.41) is 9.69. The van der Waals surface area contributed by atoms with E-state index in [-0.39, 0.29) is 17.1 Å². The van der Waals surface area contributed by atoms with E-state index in [1.54, 1.807) is 0 Å². The molecule has 0 amide bonds. The summed E-state index contributed by atoms with van der Waals surface area (Å²) in [5.41, 5.74) is 0.0944. The Bertz CT molecular complexity index is 282. The second kappa shape index (κ2) is 4.14. The molecular formula is C14H24O2. The van der Waals surface area contributed by atoms with Crippen molar-refractivity contribution in [1.29, 1.82) is 0 Å². The van der Waals surface area contributed by atoms with Crippen molar-refractivity contribution in [3.05, 3.63) is 0 Å². The predicted molar refractivity (Wildman–Crippen MR) is 64.0 cm³/mol. The minimum absolute atomic E-state index is 0.0944. The van der Waals surface area contributed by atoms with Crippen molar-refractivity contribution in [2.45, 2.75) is 59.0 Å². The Morgan fingerprint density at radius 3 is 2.62 bits per heavy atom. The maximum atomic E-state index is 12.0. The van der Waals surface area contributed by atoms with Crippen molar-refractivity contribution in [3.8, 4) is 0 Å². The molecule has 0 heterocycles. The van der Waals surface area contributed by atoms with Crippen molar-refractivity contribution in [2.75, 3.05) is 0 Å². The number of carbonyl (C=O) groups excluding carboxylic acids is 1. The molecule has 2 saturated carbocycles. The van der Waals surface area contributed by atoms with Crippen LogP contribution in [0.3, 0.4) is 0 Å². The lowest BCUT2D eigenvalue weighted by Gasteiger charge is -2.39. The van der Waals surface area contributed by atoms with E-state index in [9.17, 15) is 9.90 Å². The van der Waals surface area contributed by atoms with E-state index in [1.165, 1.54) is 12.8 Å². The average molecular weight is 224 g/mol. The van der Waals surface area contributed by atoms with Crippen LogP contribution >= 0.6 is 0 Å². The minimum atomic E-state index is -0.683. The van der Waals surface area contributed by atoms with Crippen LogP contribution in [-0.4, -0.2) is 17.0 Å². The van der Waals surface area contributed by atoms with Crippen LogP contribution in [0, 0.1) is 23.2 Å². The maximum Gasteiger partial charge on any atom is 0.164 e. The molecule has 4 atom stereocenters. The monoisotopic (exact) mass is 224 g/mol. The summed E-state index contributed by atoms with van der Waals surface area (Å²) in [7, 11) is 0. The lowest BCUT2D eigenvalue weighted by molar-refractivity contribution is -0.140. The van der Waals surface area contributed by atoms with E-state index < -0.39 is 6.10 Å². The molecule has 2 aliphatic rings. The summed E-state index contributed by atoms with van der Waals surface area (Å²) >= 11 is 0. The van der Waals surface area contributed by atoms with Gasteiger partial charge in [0.1, 0.15) is 6.10 Å². The Balaban J connectivity index is 2.01. The van der Waals surface area contributed by atoms with Crippen molar-refractivity contribution in [3.63, 3.8) is 0 Å². The van der Waals surface area contributed by atoms with E-state index >= 15 is 0 Å². The zero-order valence-corrected chi connectivity index (χ0v) is 10.7. The summed E-state index contributed by atoms with van der Waals surface area (Å²) in [5.74, 6) is 1.81. The molecule has 0 saturated heterocycles. The van der Waals surface area contributed by atoms with Crippen molar-refractivity contribution < 1.29 is 9.90 Å². The molecule has 0 aromatic heterocycles. The summed E-state index contributed by atoms with van der Waals surface area (Å²) in [4.78, 5) is 12.0. The summed E-state index contributed by atoms with van der Waals surface area (Å²) in [6.45, 7) is 6.60. The fraction of sp³-hybridized carbons (Fsp3) is 0.929. The van der Waals surface area contributed by atoms with E-state index in [0.717, 1.165) is 24.7 Å². The molecule has 1 N–H and O–H groups in total. The molecule has 2 unspecified atom stereocenters. The summed E-state index contributed by atoms with van der Waals surface area (Å²) in [6, 6.07) is 0. The second-order valence-electron chi connectivity index (χ2n) is 6.40. The smallest absolute Gasteiger partial charge is 0.164 e. The number of aliphatic hydroxyl groups is 1. The topological polar surface area (TPSA) is 37.3 Å². The Kier molecular flexibility index (Phi) is 3.13. The van der Waals surface area contributed by atoms with E-state index in [2.05, 4.69) is 20.8 Å². The molecule has 16 heavy (non-hydrogen) atoms. The first kappa shape index (κ1) is 12.1. The highest BCUT2D eigenvalue weighted by Gasteiger charge is 2.47. The van der Waals surface area contributed by atoms with Crippen molar-refractivity contribution in [2.24, 2.45) is 23.2 Å². The van der Waals surface area contributed by atoms with Crippen LogP contribution in [0.4, 0.5) is 0 Å². The predicted octanol–water partition coefficient (Wildman–Crippen LogP) is 2.79. The van der Waals surface area contributed by atoms with Gasteiger partial charge < -0.3 is 5.11 Å². The third-order valence-corrected chi connectivity index (χ3v) is 4.81. The van der Waals surface area contributed by atoms with Gasteiger partial charge in [0.2, 0.25) is 0 Å². The Hall–Kier alpha value is -0.370. The number of aliphatic hydroxyl groups excluding tert-OH is 1. The van der Waals surface area contributed by atoms with Crippen LogP contribution in [0.1, 0.15) is 52.9 Å². The van der Waals surface area contributed by atoms with Crippen molar-refractivity contribution >= 4 is 5.78 Å².